The molecule has 0 aliphatic heterocycles. The normalized spacial score (nSPS) is 10.3. The number of hydrogen-bond acceptors (Lipinski definition) is 5. The summed E-state index contributed by atoms with van der Waals surface area (Å²) in [6, 6.07) is 15.4. The number of para-hydroxylation sites is 1. The van der Waals surface area contributed by atoms with E-state index in [1.807, 2.05) is 55.5 Å². The Bertz CT molecular complexity index is 776. The molecule has 3 aromatic rings. The van der Waals surface area contributed by atoms with Crippen molar-refractivity contribution in [1.29, 1.82) is 0 Å². The van der Waals surface area contributed by atoms with Gasteiger partial charge in [-0.25, -0.2) is 0 Å². The van der Waals surface area contributed by atoms with Crippen molar-refractivity contribution in [3.8, 4) is 0 Å². The molecule has 0 atom stereocenters. The van der Waals surface area contributed by atoms with Crippen molar-refractivity contribution in [2.75, 3.05) is 10.6 Å². The number of nitrogens with one attached hydrogen (secondary N) is 2. The smallest absolute Gasteiger partial charge is 0.249 e. The summed E-state index contributed by atoms with van der Waals surface area (Å²) in [5.74, 6) is 1.02. The van der Waals surface area contributed by atoms with Crippen LogP contribution < -0.4 is 10.6 Å². The molecule has 0 spiro atoms. The second-order valence-electron chi connectivity index (χ2n) is 4.69. The lowest BCUT2D eigenvalue weighted by atomic mass is 10.2. The van der Waals surface area contributed by atoms with E-state index in [1.165, 1.54) is 0 Å². The van der Waals surface area contributed by atoms with Gasteiger partial charge in [-0.2, -0.15) is 10.1 Å². The van der Waals surface area contributed by atoms with E-state index in [-0.39, 0.29) is 0 Å². The van der Waals surface area contributed by atoms with Gasteiger partial charge in [0.25, 0.3) is 0 Å². The van der Waals surface area contributed by atoms with Gasteiger partial charge in [-0.05, 0) is 36.8 Å². The molecule has 6 heteroatoms. The Hall–Kier alpha value is -2.66. The predicted molar refractivity (Wildman–Crippen MR) is 89.0 cm³/mol. The highest BCUT2D eigenvalue weighted by molar-refractivity contribution is 6.31. The first-order valence-electron chi connectivity index (χ1n) is 6.76. The summed E-state index contributed by atoms with van der Waals surface area (Å²) < 4.78 is 0. The van der Waals surface area contributed by atoms with Crippen LogP contribution in [0.25, 0.3) is 0 Å². The van der Waals surface area contributed by atoms with Crippen molar-refractivity contribution >= 4 is 34.7 Å². The molecule has 0 bridgehead atoms. The lowest BCUT2D eigenvalue weighted by Gasteiger charge is -2.10. The molecule has 0 unspecified atom stereocenters. The molecule has 0 saturated carbocycles. The van der Waals surface area contributed by atoms with E-state index in [9.17, 15) is 0 Å². The van der Waals surface area contributed by atoms with Gasteiger partial charge in [-0.3, -0.25) is 0 Å². The maximum absolute atomic E-state index is 6.12. The standard InChI is InChI=1S/C16H14ClN5/c1-11-13(17)8-5-9-14(11)20-15-10-18-22-16(21-15)19-12-6-3-2-4-7-12/h2-10H,1H3,(H2,19,20,21,22). The number of nitrogens with zero attached hydrogens (tertiary/aromatic N) is 3. The van der Waals surface area contributed by atoms with Gasteiger partial charge >= 0.3 is 0 Å². The highest BCUT2D eigenvalue weighted by atomic mass is 35.5. The van der Waals surface area contributed by atoms with Crippen LogP contribution in [0.4, 0.5) is 23.1 Å². The van der Waals surface area contributed by atoms with E-state index in [4.69, 9.17) is 11.6 Å². The Kier molecular flexibility index (Phi) is 4.16. The van der Waals surface area contributed by atoms with Crippen molar-refractivity contribution in [2.45, 2.75) is 6.92 Å². The number of halogens is 1. The number of anilines is 4. The molecule has 1 aromatic heterocycles. The molecule has 2 aromatic carbocycles. The van der Waals surface area contributed by atoms with E-state index in [0.29, 0.717) is 16.8 Å². The Labute approximate surface area is 133 Å². The topological polar surface area (TPSA) is 62.7 Å². The first-order chi connectivity index (χ1) is 10.7. The van der Waals surface area contributed by atoms with Crippen LogP contribution in [0.1, 0.15) is 5.56 Å². The molecule has 0 aliphatic rings. The van der Waals surface area contributed by atoms with Crippen LogP contribution in [-0.4, -0.2) is 15.2 Å². The minimum atomic E-state index is 0.427. The van der Waals surface area contributed by atoms with Gasteiger partial charge in [-0.15, -0.1) is 5.10 Å². The molecule has 110 valence electrons. The van der Waals surface area contributed by atoms with Crippen molar-refractivity contribution in [3.63, 3.8) is 0 Å². The van der Waals surface area contributed by atoms with Crippen molar-refractivity contribution < 1.29 is 0 Å². The second kappa shape index (κ2) is 6.41. The molecule has 3 rings (SSSR count). The quantitative estimate of drug-likeness (QED) is 0.751. The predicted octanol–water partition coefficient (Wildman–Crippen LogP) is 4.32. The largest absolute Gasteiger partial charge is 0.339 e. The molecular formula is C16H14ClN5. The Morgan fingerprint density at radius 1 is 0.955 bits per heavy atom. The lowest BCUT2D eigenvalue weighted by Crippen LogP contribution is -2.03. The molecular weight excluding hydrogens is 298 g/mol. The molecule has 0 radical (unpaired) electrons. The van der Waals surface area contributed by atoms with Crippen LogP contribution in [0.15, 0.2) is 54.7 Å². The van der Waals surface area contributed by atoms with E-state index in [2.05, 4.69) is 25.8 Å². The third-order valence-electron chi connectivity index (χ3n) is 3.12. The molecule has 0 amide bonds. The first-order valence-corrected chi connectivity index (χ1v) is 7.14. The van der Waals surface area contributed by atoms with Gasteiger partial charge in [0.15, 0.2) is 5.82 Å². The minimum absolute atomic E-state index is 0.427. The first kappa shape index (κ1) is 14.3. The summed E-state index contributed by atoms with van der Waals surface area (Å²) in [5, 5.41) is 14.9. The van der Waals surface area contributed by atoms with Gasteiger partial charge in [-0.1, -0.05) is 35.9 Å². The van der Waals surface area contributed by atoms with Crippen molar-refractivity contribution in [2.24, 2.45) is 0 Å². The maximum Gasteiger partial charge on any atom is 0.249 e. The summed E-state index contributed by atoms with van der Waals surface area (Å²) in [4.78, 5) is 4.40. The maximum atomic E-state index is 6.12. The molecule has 5 nitrogen and oxygen atoms in total. The number of hydrogen-bond donors (Lipinski definition) is 2. The fourth-order valence-electron chi connectivity index (χ4n) is 1.95. The van der Waals surface area contributed by atoms with Crippen LogP contribution >= 0.6 is 11.6 Å². The summed E-state index contributed by atoms with van der Waals surface area (Å²) >= 11 is 6.12. The molecule has 0 fully saturated rings. The zero-order valence-electron chi connectivity index (χ0n) is 11.9. The van der Waals surface area contributed by atoms with Crippen LogP contribution in [0.5, 0.6) is 0 Å². The average molecular weight is 312 g/mol. The van der Waals surface area contributed by atoms with Gasteiger partial charge in [0, 0.05) is 16.4 Å². The van der Waals surface area contributed by atoms with E-state index in [1.54, 1.807) is 6.20 Å². The Balaban J connectivity index is 1.81. The lowest BCUT2D eigenvalue weighted by molar-refractivity contribution is 0.982. The SMILES string of the molecule is Cc1c(Cl)cccc1Nc1cnnc(Nc2ccccc2)n1. The van der Waals surface area contributed by atoms with Gasteiger partial charge in [0.2, 0.25) is 5.95 Å². The summed E-state index contributed by atoms with van der Waals surface area (Å²) in [6.07, 6.45) is 1.57. The molecule has 0 saturated heterocycles. The summed E-state index contributed by atoms with van der Waals surface area (Å²) in [5.41, 5.74) is 2.75. The molecule has 22 heavy (non-hydrogen) atoms. The monoisotopic (exact) mass is 311 g/mol. The van der Waals surface area contributed by atoms with Crippen LogP contribution in [-0.2, 0) is 0 Å². The van der Waals surface area contributed by atoms with Gasteiger partial charge in [0.05, 0.1) is 6.20 Å². The molecule has 2 N–H and O–H groups in total. The third-order valence-corrected chi connectivity index (χ3v) is 3.53. The zero-order valence-corrected chi connectivity index (χ0v) is 12.7. The van der Waals surface area contributed by atoms with Gasteiger partial charge in [0.1, 0.15) is 0 Å². The Morgan fingerprint density at radius 2 is 1.77 bits per heavy atom. The van der Waals surface area contributed by atoms with Gasteiger partial charge < -0.3 is 10.6 Å². The Morgan fingerprint density at radius 3 is 2.59 bits per heavy atom. The number of rotatable bonds is 4. The molecule has 0 aliphatic carbocycles. The summed E-state index contributed by atoms with van der Waals surface area (Å²) in [7, 11) is 0. The third kappa shape index (κ3) is 3.32. The second-order valence-corrected chi connectivity index (χ2v) is 5.10. The highest BCUT2D eigenvalue weighted by Gasteiger charge is 2.05. The fraction of sp³-hybridized carbons (Fsp3) is 0.0625. The van der Waals surface area contributed by atoms with E-state index in [0.717, 1.165) is 16.9 Å². The zero-order chi connectivity index (χ0) is 15.4. The average Bonchev–Trinajstić information content (AvgIpc) is 2.53. The van der Waals surface area contributed by atoms with Crippen LogP contribution in [0.3, 0.4) is 0 Å². The van der Waals surface area contributed by atoms with Crippen molar-refractivity contribution in [1.82, 2.24) is 15.2 Å². The fourth-order valence-corrected chi connectivity index (χ4v) is 2.12. The molecule has 1 heterocycles. The van der Waals surface area contributed by atoms with Crippen LogP contribution in [0, 0.1) is 6.92 Å². The van der Waals surface area contributed by atoms with E-state index < -0.39 is 0 Å². The number of benzene rings is 2. The van der Waals surface area contributed by atoms with Crippen LogP contribution in [0.2, 0.25) is 5.02 Å². The minimum Gasteiger partial charge on any atom is -0.339 e. The highest BCUT2D eigenvalue weighted by Crippen LogP contribution is 2.25. The number of aromatic nitrogens is 3. The van der Waals surface area contributed by atoms with Crippen molar-refractivity contribution in [3.05, 3.63) is 65.3 Å². The van der Waals surface area contributed by atoms with E-state index >= 15 is 0 Å². The summed E-state index contributed by atoms with van der Waals surface area (Å²) in [6.45, 7) is 1.95.